The number of rotatable bonds is 2. The molecule has 7 N–H and O–H groups in total. The van der Waals surface area contributed by atoms with Crippen LogP contribution >= 0.6 is 42.2 Å². The van der Waals surface area contributed by atoms with Gasteiger partial charge in [0.25, 0.3) is 0 Å². The van der Waals surface area contributed by atoms with Crippen molar-refractivity contribution in [3.05, 3.63) is 23.2 Å². The van der Waals surface area contributed by atoms with Crippen molar-refractivity contribution in [1.29, 1.82) is 0 Å². The molecule has 213 valence electrons. The predicted octanol–water partition coefficient (Wildman–Crippen LogP) is 4.64. The maximum absolute atomic E-state index is 5.99. The maximum Gasteiger partial charge on any atom is -0.870 e. The van der Waals surface area contributed by atoms with Crippen LogP contribution < -0.4 is 10.4 Å². The Kier molecular flexibility index (Phi) is 33.7. The van der Waals surface area contributed by atoms with Crippen LogP contribution in [-0.4, -0.2) is 62.6 Å². The topological polar surface area (TPSA) is 228 Å². The van der Waals surface area contributed by atoms with Crippen molar-refractivity contribution in [2.75, 3.05) is 18.5 Å². The Bertz CT molecular complexity index is 864. The molecule has 3 rings (SSSR count). The molecule has 2 aromatic rings. The van der Waals surface area contributed by atoms with E-state index in [0.29, 0.717) is 23.6 Å². The summed E-state index contributed by atoms with van der Waals surface area (Å²) in [5.41, 5.74) is 7.00. The summed E-state index contributed by atoms with van der Waals surface area (Å²) in [5.74, 6) is 0.444. The second kappa shape index (κ2) is 26.5. The molecule has 35 heavy (non-hydrogen) atoms. The van der Waals surface area contributed by atoms with Crippen LogP contribution in [0.15, 0.2) is 33.3 Å². The summed E-state index contributed by atoms with van der Waals surface area (Å²) >= 11 is 9.91. The summed E-state index contributed by atoms with van der Waals surface area (Å²) in [6, 6.07) is 5.43. The van der Waals surface area contributed by atoms with Gasteiger partial charge >= 0.3 is 57.8 Å². The number of fused-ring (bicyclic) bond motifs is 1. The van der Waals surface area contributed by atoms with Gasteiger partial charge in [0.15, 0.2) is 0 Å². The van der Waals surface area contributed by atoms with Crippen LogP contribution in [0.25, 0.3) is 11.0 Å². The molecule has 0 amide bonds. The van der Waals surface area contributed by atoms with Crippen LogP contribution in [0, 0.1) is 0 Å². The fourth-order valence-corrected chi connectivity index (χ4v) is 2.90. The van der Waals surface area contributed by atoms with Crippen LogP contribution in [0.2, 0.25) is 5.02 Å². The first kappa shape index (κ1) is 44.4. The van der Waals surface area contributed by atoms with Gasteiger partial charge in [-0.3, -0.25) is 9.98 Å². The van der Waals surface area contributed by atoms with E-state index in [-0.39, 0.29) is 27.4 Å². The summed E-state index contributed by atoms with van der Waals surface area (Å²) < 4.78 is 0. The van der Waals surface area contributed by atoms with Crippen molar-refractivity contribution >= 4 is 76.3 Å². The summed E-state index contributed by atoms with van der Waals surface area (Å²) in [5, 5.41) is 5.12. The summed E-state index contributed by atoms with van der Waals surface area (Å²) in [7, 11) is 13.7. The average Bonchev–Trinajstić information content (AvgIpc) is 3.12. The molecular weight excluding hydrogens is 639 g/mol. The van der Waals surface area contributed by atoms with Crippen molar-refractivity contribution in [3.63, 3.8) is 0 Å². The number of nitrogens with one attached hydrogen (secondary N) is 1. The minimum Gasteiger partial charge on any atom is -0.870 e. The first-order valence-electron chi connectivity index (χ1n) is 8.96. The number of hydrogen-bond donors (Lipinski definition) is 1. The van der Waals surface area contributed by atoms with Crippen LogP contribution in [0.1, 0.15) is 39.5 Å². The van der Waals surface area contributed by atoms with Crippen LogP contribution in [0.5, 0.6) is 0 Å². The molecule has 0 spiro atoms. The average molecular weight is 668 g/mol. The summed E-state index contributed by atoms with van der Waals surface area (Å²) in [6.45, 7) is 5.60. The van der Waals surface area contributed by atoms with Gasteiger partial charge in [-0.25, -0.2) is 5.10 Å². The number of benzene rings is 1. The van der Waals surface area contributed by atoms with E-state index in [9.17, 15) is 0 Å². The van der Waals surface area contributed by atoms with Gasteiger partial charge in [-0.15, -0.1) is 0 Å². The fraction of sp³-hybridized carbons (Fsp3) is 0.444. The molecule has 17 heteroatoms. The third-order valence-corrected chi connectivity index (χ3v) is 4.34. The third-order valence-electron chi connectivity index (χ3n) is 4.11. The van der Waals surface area contributed by atoms with Crippen molar-refractivity contribution in [3.8, 4) is 0 Å². The number of aliphatic imine (C=N–C) groups is 2. The number of halogens is 4. The molecule has 0 aliphatic carbocycles. The second-order valence-electron chi connectivity index (χ2n) is 6.15. The molecule has 2 heterocycles. The molecule has 11 nitrogen and oxygen atoms in total. The zero-order chi connectivity index (χ0) is 22.4. The van der Waals surface area contributed by atoms with E-state index >= 15 is 0 Å². The minimum absolute atomic E-state index is 0. The molecule has 0 saturated heterocycles. The van der Waals surface area contributed by atoms with Crippen LogP contribution in [-0.2, 0) is 27.2 Å². The van der Waals surface area contributed by atoms with Crippen LogP contribution in [0.3, 0.4) is 0 Å². The van der Waals surface area contributed by atoms with Crippen molar-refractivity contribution in [1.82, 2.24) is 9.97 Å². The standard InChI is InChI=1S/C18H22ClN6.3ClH.2Ni.5H2O/c1-12-17(13(2)21-10-6-4-3-5-9-20-12)24-25-18-22-15-8-7-14(19)11-16(15)23-18;;;;;;;;;;/h7-8,11H,3-6,9-10H2,1-2H3,(H-,22,23,25);3*1H;;;5*1H2/q-1;;;;+1;+2;;;;;/p-7. The summed E-state index contributed by atoms with van der Waals surface area (Å²) in [6.07, 6.45) is 4.61. The zero-order valence-electron chi connectivity index (χ0n) is 18.6. The molecule has 0 atom stereocenters. The van der Waals surface area contributed by atoms with Gasteiger partial charge in [-0.05, 0) is 38.8 Å². The largest absolute Gasteiger partial charge is 0.870 e. The fourth-order valence-electron chi connectivity index (χ4n) is 2.73. The molecule has 0 saturated carbocycles. The van der Waals surface area contributed by atoms with E-state index in [1.807, 2.05) is 19.9 Å². The SMILES string of the molecule is CC1=NCCCCCCN=C(C)C1=NNc1nc2cc(Cl)ccc2[n-]1.O.[Cl][Ni].[Cl][Ni][Cl].[OH-].[OH-].[OH-].[OH-]. The van der Waals surface area contributed by atoms with Crippen LogP contribution in [0.4, 0.5) is 5.95 Å². The minimum atomic E-state index is 0. The number of hydrazone groups is 1. The number of imidazole rings is 1. The van der Waals surface area contributed by atoms with Crippen molar-refractivity contribution in [2.45, 2.75) is 39.5 Å². The summed E-state index contributed by atoms with van der Waals surface area (Å²) in [4.78, 5) is 18.1. The molecule has 0 bridgehead atoms. The Morgan fingerprint density at radius 1 is 0.943 bits per heavy atom. The number of nitrogens with zero attached hydrogens (tertiary/aromatic N) is 5. The van der Waals surface area contributed by atoms with Gasteiger partial charge in [0.2, 0.25) is 0 Å². The Labute approximate surface area is 236 Å². The van der Waals surface area contributed by atoms with Gasteiger partial charge in [0, 0.05) is 35.1 Å². The zero-order valence-corrected chi connectivity index (χ0v) is 23.6. The molecule has 1 aliphatic rings. The van der Waals surface area contributed by atoms with Gasteiger partial charge < -0.3 is 42.8 Å². The first-order valence-corrected chi connectivity index (χ1v) is 13.4. The quantitative estimate of drug-likeness (QED) is 0.352. The van der Waals surface area contributed by atoms with Gasteiger partial charge in [0.1, 0.15) is 5.71 Å². The first-order chi connectivity index (χ1) is 14.5. The molecule has 0 fully saturated rings. The van der Waals surface area contributed by atoms with Crippen molar-refractivity contribution in [2.24, 2.45) is 15.1 Å². The monoisotopic (exact) mass is 664 g/mol. The Morgan fingerprint density at radius 2 is 1.43 bits per heavy atom. The Morgan fingerprint density at radius 3 is 1.91 bits per heavy atom. The maximum atomic E-state index is 5.99. The normalized spacial score (nSPS) is 12.9. The van der Waals surface area contributed by atoms with E-state index in [1.165, 1.54) is 12.8 Å². The molecule has 1 aromatic heterocycles. The van der Waals surface area contributed by atoms with Gasteiger partial charge in [-0.1, -0.05) is 30.5 Å². The van der Waals surface area contributed by atoms with Crippen molar-refractivity contribution < 1.29 is 54.6 Å². The molecule has 0 unspecified atom stereocenters. The number of hydrogen-bond acceptors (Lipinski definition) is 9. The molecule has 1 aliphatic heterocycles. The third kappa shape index (κ3) is 16.7. The predicted molar refractivity (Wildman–Crippen MR) is 134 cm³/mol. The van der Waals surface area contributed by atoms with E-state index < -0.39 is 0 Å². The smallest absolute Gasteiger partial charge is 0.870 e. The van der Waals surface area contributed by atoms with Gasteiger partial charge in [0.05, 0.1) is 11.4 Å². The van der Waals surface area contributed by atoms with E-state index in [2.05, 4.69) is 55.2 Å². The Balaban J connectivity index is -0.000000279. The van der Waals surface area contributed by atoms with E-state index in [0.717, 1.165) is 54.1 Å². The van der Waals surface area contributed by atoms with E-state index in [1.54, 1.807) is 12.1 Å². The number of anilines is 1. The molecular formula is C18H28Cl4N6Ni2O5-5. The van der Waals surface area contributed by atoms with E-state index in [4.69, 9.17) is 32.0 Å². The molecule has 0 radical (unpaired) electrons. The second-order valence-corrected chi connectivity index (χ2v) is 8.21. The molecule has 1 aromatic carbocycles. The Hall–Kier alpha value is -0.553. The van der Waals surface area contributed by atoms with Gasteiger partial charge in [-0.2, -0.15) is 0 Å². The number of aromatic nitrogens is 2.